The number of ether oxygens (including phenoxy) is 3. The Morgan fingerprint density at radius 3 is 2.48 bits per heavy atom. The molecule has 1 fully saturated rings. The molecule has 0 heterocycles. The van der Waals surface area contributed by atoms with Gasteiger partial charge in [0.2, 0.25) is 0 Å². The van der Waals surface area contributed by atoms with Crippen molar-refractivity contribution in [3.8, 4) is 23.8 Å². The molecule has 0 saturated heterocycles. The molecule has 1 aliphatic rings. The molecule has 0 unspecified atom stereocenters. The minimum atomic E-state index is -2.74. The smallest absolute Gasteiger partial charge is 0.330 e. The van der Waals surface area contributed by atoms with Crippen LogP contribution in [0.2, 0.25) is 0 Å². The molecule has 0 N–H and O–H groups in total. The van der Waals surface area contributed by atoms with Crippen molar-refractivity contribution >= 4 is 11.9 Å². The topological polar surface area (TPSA) is 61.8 Å². The molecule has 1 aliphatic carbocycles. The zero-order valence-corrected chi connectivity index (χ0v) is 18.2. The zero-order valence-electron chi connectivity index (χ0n) is 18.2. The summed E-state index contributed by atoms with van der Waals surface area (Å²) >= 11 is 0. The van der Waals surface area contributed by atoms with Gasteiger partial charge < -0.3 is 14.2 Å². The van der Waals surface area contributed by atoms with E-state index in [2.05, 4.69) is 10.7 Å². The second-order valence-electron chi connectivity index (χ2n) is 8.18. The zero-order chi connectivity index (χ0) is 24.0. The molecule has 3 rings (SSSR count). The van der Waals surface area contributed by atoms with Crippen LogP contribution in [-0.2, 0) is 19.1 Å². The summed E-state index contributed by atoms with van der Waals surface area (Å²) in [6, 6.07) is 16.2. The fourth-order valence-electron chi connectivity index (χ4n) is 3.62. The number of rotatable bonds is 9. The number of esters is 2. The van der Waals surface area contributed by atoms with E-state index < -0.39 is 42.4 Å². The molecule has 5 nitrogen and oxygen atoms in total. The summed E-state index contributed by atoms with van der Waals surface area (Å²) < 4.78 is 40.1. The maximum atomic E-state index is 12.8. The molecule has 0 aromatic heterocycles. The quantitative estimate of drug-likeness (QED) is 0.291. The van der Waals surface area contributed by atoms with Crippen LogP contribution < -0.4 is 4.74 Å². The lowest BCUT2D eigenvalue weighted by Crippen LogP contribution is -2.14. The number of benzene rings is 2. The van der Waals surface area contributed by atoms with Crippen LogP contribution in [-0.4, -0.2) is 25.0 Å². The highest BCUT2D eigenvalue weighted by molar-refractivity contribution is 5.83. The lowest BCUT2D eigenvalue weighted by atomic mass is 10.1. The van der Waals surface area contributed by atoms with E-state index in [4.69, 9.17) is 15.9 Å². The first kappa shape index (κ1) is 24.0. The van der Waals surface area contributed by atoms with Gasteiger partial charge in [0, 0.05) is 11.6 Å². The highest BCUT2D eigenvalue weighted by Gasteiger charge is 2.61. The minimum Gasteiger partial charge on any atom is -0.457 e. The first-order valence-electron chi connectivity index (χ1n) is 10.3. The summed E-state index contributed by atoms with van der Waals surface area (Å²) in [6.45, 7) is 2.72. The number of terminal acetylenes is 1. The van der Waals surface area contributed by atoms with E-state index in [1.807, 2.05) is 44.2 Å². The SMILES string of the molecule is C#C[C@@H](OC(=O)[C@@H]1[C@H](C=CC(=O)OCC(F)F)C1(C)C)c1cccc(Oc2ccccc2)c1. The third-order valence-corrected chi connectivity index (χ3v) is 5.48. The highest BCUT2D eigenvalue weighted by Crippen LogP contribution is 2.59. The number of hydrogen-bond donors (Lipinski definition) is 0. The Morgan fingerprint density at radius 2 is 1.82 bits per heavy atom. The molecule has 0 aliphatic heterocycles. The van der Waals surface area contributed by atoms with Crippen LogP contribution in [0.15, 0.2) is 66.7 Å². The van der Waals surface area contributed by atoms with E-state index in [9.17, 15) is 18.4 Å². The van der Waals surface area contributed by atoms with Gasteiger partial charge in [0.1, 0.15) is 11.5 Å². The van der Waals surface area contributed by atoms with Crippen molar-refractivity contribution in [3.63, 3.8) is 0 Å². The lowest BCUT2D eigenvalue weighted by molar-refractivity contribution is -0.149. The maximum Gasteiger partial charge on any atom is 0.330 e. The van der Waals surface area contributed by atoms with Gasteiger partial charge in [0.25, 0.3) is 6.43 Å². The molecule has 172 valence electrons. The molecule has 3 atom stereocenters. The Bertz CT molecular complexity index is 1060. The molecular weight excluding hydrogens is 430 g/mol. The van der Waals surface area contributed by atoms with Crippen LogP contribution in [0.3, 0.4) is 0 Å². The van der Waals surface area contributed by atoms with Crippen LogP contribution in [0.4, 0.5) is 8.78 Å². The van der Waals surface area contributed by atoms with Crippen molar-refractivity contribution in [2.45, 2.75) is 26.4 Å². The Morgan fingerprint density at radius 1 is 1.12 bits per heavy atom. The molecule has 1 saturated carbocycles. The fraction of sp³-hybridized carbons (Fsp3) is 0.308. The largest absolute Gasteiger partial charge is 0.457 e. The van der Waals surface area contributed by atoms with Crippen LogP contribution >= 0.6 is 0 Å². The standard InChI is InChI=1S/C26H24F2O5/c1-4-21(17-9-8-12-19(15-17)32-18-10-6-5-7-11-18)33-25(30)24-20(26(24,2)3)13-14-23(29)31-16-22(27)28/h1,5-15,20-22,24H,16H2,2-3H3/t20-,21+,24-/m0/s1. The van der Waals surface area contributed by atoms with Gasteiger partial charge in [0.05, 0.1) is 5.92 Å². The number of alkyl halides is 2. The third-order valence-electron chi connectivity index (χ3n) is 5.48. The van der Waals surface area contributed by atoms with Gasteiger partial charge in [-0.05, 0) is 35.6 Å². The maximum absolute atomic E-state index is 12.8. The van der Waals surface area contributed by atoms with Gasteiger partial charge in [-0.25, -0.2) is 13.6 Å². The van der Waals surface area contributed by atoms with Crippen molar-refractivity contribution < 1.29 is 32.6 Å². The predicted octanol–water partition coefficient (Wildman–Crippen LogP) is 5.33. The monoisotopic (exact) mass is 454 g/mol. The van der Waals surface area contributed by atoms with Gasteiger partial charge in [-0.3, -0.25) is 4.79 Å². The molecule has 0 bridgehead atoms. The average Bonchev–Trinajstić information content (AvgIpc) is 3.35. The fourth-order valence-corrected chi connectivity index (χ4v) is 3.62. The molecule has 0 amide bonds. The summed E-state index contributed by atoms with van der Waals surface area (Å²) in [5.74, 6) is 1.45. The summed E-state index contributed by atoms with van der Waals surface area (Å²) in [5.41, 5.74) is 0.106. The van der Waals surface area contributed by atoms with Gasteiger partial charge in [-0.1, -0.05) is 56.2 Å². The summed E-state index contributed by atoms with van der Waals surface area (Å²) in [7, 11) is 0. The molecule has 2 aromatic carbocycles. The predicted molar refractivity (Wildman–Crippen MR) is 117 cm³/mol. The van der Waals surface area contributed by atoms with E-state index in [0.717, 1.165) is 6.08 Å². The first-order valence-corrected chi connectivity index (χ1v) is 10.3. The summed E-state index contributed by atoms with van der Waals surface area (Å²) in [6.07, 6.45) is 4.52. The van der Waals surface area contributed by atoms with Crippen LogP contribution in [0.1, 0.15) is 25.5 Å². The van der Waals surface area contributed by atoms with Crippen LogP contribution in [0, 0.1) is 29.6 Å². The van der Waals surface area contributed by atoms with Crippen LogP contribution in [0.5, 0.6) is 11.5 Å². The number of hydrogen-bond acceptors (Lipinski definition) is 5. The van der Waals surface area contributed by atoms with Gasteiger partial charge in [0.15, 0.2) is 12.7 Å². The molecule has 0 radical (unpaired) electrons. The lowest BCUT2D eigenvalue weighted by Gasteiger charge is -2.15. The minimum absolute atomic E-state index is 0.310. The second-order valence-corrected chi connectivity index (χ2v) is 8.18. The molecule has 2 aromatic rings. The van der Waals surface area contributed by atoms with Gasteiger partial charge in [-0.15, -0.1) is 6.42 Å². The normalized spacial score (nSPS) is 19.5. The molecule has 33 heavy (non-hydrogen) atoms. The second kappa shape index (κ2) is 10.3. The molecule has 7 heteroatoms. The van der Waals surface area contributed by atoms with E-state index >= 15 is 0 Å². The number of allylic oxidation sites excluding steroid dienone is 1. The molecular formula is C26H24F2O5. The van der Waals surface area contributed by atoms with E-state index in [0.29, 0.717) is 17.1 Å². The van der Waals surface area contributed by atoms with E-state index in [-0.39, 0.29) is 5.92 Å². The summed E-state index contributed by atoms with van der Waals surface area (Å²) in [5, 5.41) is 0. The first-order chi connectivity index (χ1) is 15.7. The highest BCUT2D eigenvalue weighted by atomic mass is 19.3. The van der Waals surface area contributed by atoms with E-state index in [1.54, 1.807) is 24.3 Å². The Labute approximate surface area is 191 Å². The van der Waals surface area contributed by atoms with Crippen molar-refractivity contribution in [1.29, 1.82) is 0 Å². The van der Waals surface area contributed by atoms with Gasteiger partial charge in [-0.2, -0.15) is 0 Å². The van der Waals surface area contributed by atoms with E-state index in [1.165, 1.54) is 6.08 Å². The summed E-state index contributed by atoms with van der Waals surface area (Å²) in [4.78, 5) is 24.4. The number of para-hydroxylation sites is 1. The van der Waals surface area contributed by atoms with Gasteiger partial charge >= 0.3 is 11.9 Å². The van der Waals surface area contributed by atoms with Crippen molar-refractivity contribution in [2.75, 3.05) is 6.61 Å². The van der Waals surface area contributed by atoms with Crippen LogP contribution in [0.25, 0.3) is 0 Å². The Balaban J connectivity index is 1.63. The number of carbonyl (C=O) groups is 2. The Hall–Kier alpha value is -3.66. The number of carbonyl (C=O) groups excluding carboxylic acids is 2. The van der Waals surface area contributed by atoms with Crippen molar-refractivity contribution in [1.82, 2.24) is 0 Å². The van der Waals surface area contributed by atoms with Crippen molar-refractivity contribution in [3.05, 3.63) is 72.3 Å². The average molecular weight is 454 g/mol. The molecule has 0 spiro atoms. The van der Waals surface area contributed by atoms with Crippen molar-refractivity contribution in [2.24, 2.45) is 17.3 Å². The number of halogens is 2. The third kappa shape index (κ3) is 6.19. The Kier molecular flexibility index (Phi) is 7.49.